The van der Waals surface area contributed by atoms with Crippen LogP contribution in [0.2, 0.25) is 5.02 Å². The summed E-state index contributed by atoms with van der Waals surface area (Å²) in [4.78, 5) is 0. The summed E-state index contributed by atoms with van der Waals surface area (Å²) in [5.41, 5.74) is 1.06. The molecule has 102 valence electrons. The van der Waals surface area contributed by atoms with Crippen molar-refractivity contribution in [2.75, 3.05) is 6.61 Å². The van der Waals surface area contributed by atoms with Gasteiger partial charge in [0.15, 0.2) is 0 Å². The van der Waals surface area contributed by atoms with E-state index in [1.807, 2.05) is 48.5 Å². The van der Waals surface area contributed by atoms with Gasteiger partial charge in [0.2, 0.25) is 0 Å². The number of para-hydroxylation sites is 1. The van der Waals surface area contributed by atoms with E-state index in [-0.39, 0.29) is 5.92 Å². The Morgan fingerprint density at radius 2 is 1.75 bits per heavy atom. The highest BCUT2D eigenvalue weighted by Crippen LogP contribution is 2.24. The number of halogens is 1. The van der Waals surface area contributed by atoms with Crippen molar-refractivity contribution >= 4 is 11.6 Å². The third kappa shape index (κ3) is 4.01. The Morgan fingerprint density at radius 3 is 2.45 bits per heavy atom. The summed E-state index contributed by atoms with van der Waals surface area (Å²) in [5.74, 6) is 0.619. The fourth-order valence-corrected chi connectivity index (χ4v) is 2.21. The van der Waals surface area contributed by atoms with E-state index in [0.717, 1.165) is 18.4 Å². The predicted octanol–water partition coefficient (Wildman–Crippen LogP) is 4.81. The lowest BCUT2D eigenvalue weighted by Gasteiger charge is -2.11. The van der Waals surface area contributed by atoms with Gasteiger partial charge in [-0.2, -0.15) is 5.26 Å². The Kier molecular flexibility index (Phi) is 5.46. The zero-order valence-electron chi connectivity index (χ0n) is 11.1. The summed E-state index contributed by atoms with van der Waals surface area (Å²) in [6, 6.07) is 19.6. The molecule has 2 rings (SSSR count). The first kappa shape index (κ1) is 14.4. The number of nitrogens with zero attached hydrogens (tertiary/aromatic N) is 1. The van der Waals surface area contributed by atoms with Gasteiger partial charge in [-0.25, -0.2) is 0 Å². The van der Waals surface area contributed by atoms with Crippen molar-refractivity contribution in [3.05, 3.63) is 65.2 Å². The van der Waals surface area contributed by atoms with Crippen LogP contribution in [0, 0.1) is 11.3 Å². The third-order valence-electron chi connectivity index (χ3n) is 3.09. The van der Waals surface area contributed by atoms with Crippen molar-refractivity contribution in [2.45, 2.75) is 18.8 Å². The fraction of sp³-hybridized carbons (Fsp3) is 0.235. The van der Waals surface area contributed by atoms with E-state index in [1.54, 1.807) is 6.07 Å². The largest absolute Gasteiger partial charge is 0.492 e. The van der Waals surface area contributed by atoms with E-state index >= 15 is 0 Å². The molecule has 1 unspecified atom stereocenters. The summed E-state index contributed by atoms with van der Waals surface area (Å²) < 4.78 is 5.63. The van der Waals surface area contributed by atoms with Crippen molar-refractivity contribution in [1.82, 2.24) is 0 Å². The summed E-state index contributed by atoms with van der Waals surface area (Å²) >= 11 is 6.01. The number of hydrogen-bond acceptors (Lipinski definition) is 2. The van der Waals surface area contributed by atoms with E-state index in [9.17, 15) is 5.26 Å². The minimum atomic E-state index is -0.0777. The number of nitriles is 1. The highest BCUT2D eigenvalue weighted by Gasteiger charge is 2.09. The minimum absolute atomic E-state index is 0.0777. The second-order valence-electron chi connectivity index (χ2n) is 4.51. The van der Waals surface area contributed by atoms with Crippen molar-refractivity contribution in [3.63, 3.8) is 0 Å². The molecule has 0 radical (unpaired) electrons. The normalized spacial score (nSPS) is 11.6. The molecule has 2 aromatic carbocycles. The summed E-state index contributed by atoms with van der Waals surface area (Å²) in [6.07, 6.45) is 1.60. The molecule has 0 aromatic heterocycles. The molecule has 0 saturated heterocycles. The number of ether oxygens (including phenoxy) is 1. The summed E-state index contributed by atoms with van der Waals surface area (Å²) in [5, 5.41) is 9.85. The molecule has 0 aliphatic heterocycles. The fourth-order valence-electron chi connectivity index (χ4n) is 2.02. The van der Waals surface area contributed by atoms with E-state index in [1.165, 1.54) is 0 Å². The first-order valence-electron chi connectivity index (χ1n) is 6.63. The number of rotatable bonds is 6. The lowest BCUT2D eigenvalue weighted by Crippen LogP contribution is -2.02. The number of hydrogen-bond donors (Lipinski definition) is 0. The smallest absolute Gasteiger partial charge is 0.137 e. The average molecular weight is 286 g/mol. The van der Waals surface area contributed by atoms with E-state index < -0.39 is 0 Å². The molecule has 2 aromatic rings. The van der Waals surface area contributed by atoms with E-state index in [0.29, 0.717) is 17.4 Å². The van der Waals surface area contributed by atoms with Crippen LogP contribution in [0.1, 0.15) is 24.3 Å². The lowest BCUT2D eigenvalue weighted by atomic mass is 9.96. The topological polar surface area (TPSA) is 33.0 Å². The maximum atomic E-state index is 9.23. The molecule has 0 bridgehead atoms. The van der Waals surface area contributed by atoms with Crippen molar-refractivity contribution in [1.29, 1.82) is 5.26 Å². The van der Waals surface area contributed by atoms with Crippen molar-refractivity contribution in [2.24, 2.45) is 0 Å². The van der Waals surface area contributed by atoms with Crippen LogP contribution in [0.4, 0.5) is 0 Å². The van der Waals surface area contributed by atoms with Crippen LogP contribution in [-0.2, 0) is 0 Å². The monoisotopic (exact) mass is 285 g/mol. The molecule has 0 spiro atoms. The SMILES string of the molecule is N#CC(CCCOc1ccccc1Cl)c1ccccc1. The average Bonchev–Trinajstić information content (AvgIpc) is 2.50. The summed E-state index contributed by atoms with van der Waals surface area (Å²) in [6.45, 7) is 0.564. The van der Waals surface area contributed by atoms with Crippen molar-refractivity contribution < 1.29 is 4.74 Å². The molecule has 20 heavy (non-hydrogen) atoms. The molecular formula is C17H16ClNO. The van der Waals surface area contributed by atoms with Gasteiger partial charge in [0.05, 0.1) is 23.6 Å². The predicted molar refractivity (Wildman–Crippen MR) is 81.0 cm³/mol. The van der Waals surface area contributed by atoms with Crippen LogP contribution in [-0.4, -0.2) is 6.61 Å². The Morgan fingerprint density at radius 1 is 1.05 bits per heavy atom. The van der Waals surface area contributed by atoms with Crippen LogP contribution in [0.25, 0.3) is 0 Å². The van der Waals surface area contributed by atoms with Gasteiger partial charge >= 0.3 is 0 Å². The molecule has 0 fully saturated rings. The third-order valence-corrected chi connectivity index (χ3v) is 3.40. The Bertz CT molecular complexity index is 577. The van der Waals surface area contributed by atoms with Gasteiger partial charge in [-0.3, -0.25) is 0 Å². The standard InChI is InChI=1S/C17H16ClNO/c18-16-10-4-5-11-17(16)20-12-6-9-15(13-19)14-7-2-1-3-8-14/h1-5,7-8,10-11,15H,6,9,12H2. The van der Waals surface area contributed by atoms with Crippen molar-refractivity contribution in [3.8, 4) is 11.8 Å². The van der Waals surface area contributed by atoms with Gasteiger partial charge in [-0.05, 0) is 30.5 Å². The first-order chi connectivity index (χ1) is 9.81. The van der Waals surface area contributed by atoms with Gasteiger partial charge in [0.25, 0.3) is 0 Å². The van der Waals surface area contributed by atoms with Gasteiger partial charge in [0.1, 0.15) is 5.75 Å². The molecule has 2 nitrogen and oxygen atoms in total. The van der Waals surface area contributed by atoms with Gasteiger partial charge < -0.3 is 4.74 Å². The van der Waals surface area contributed by atoms with Gasteiger partial charge in [-0.15, -0.1) is 0 Å². The minimum Gasteiger partial charge on any atom is -0.492 e. The Hall–Kier alpha value is -1.98. The highest BCUT2D eigenvalue weighted by atomic mass is 35.5. The molecule has 0 N–H and O–H groups in total. The summed E-state index contributed by atoms with van der Waals surface area (Å²) in [7, 11) is 0. The second kappa shape index (κ2) is 7.57. The zero-order chi connectivity index (χ0) is 14.2. The molecular weight excluding hydrogens is 270 g/mol. The molecule has 0 saturated carbocycles. The number of benzene rings is 2. The van der Waals surface area contributed by atoms with Crippen LogP contribution in [0.5, 0.6) is 5.75 Å². The molecule has 0 aliphatic carbocycles. The zero-order valence-corrected chi connectivity index (χ0v) is 11.9. The molecule has 1 atom stereocenters. The maximum Gasteiger partial charge on any atom is 0.137 e. The van der Waals surface area contributed by atoms with E-state index in [2.05, 4.69) is 6.07 Å². The molecule has 0 aliphatic rings. The van der Waals surface area contributed by atoms with Gasteiger partial charge in [-0.1, -0.05) is 54.1 Å². The van der Waals surface area contributed by atoms with Crippen LogP contribution >= 0.6 is 11.6 Å². The Labute approximate surface area is 124 Å². The van der Waals surface area contributed by atoms with E-state index in [4.69, 9.17) is 16.3 Å². The second-order valence-corrected chi connectivity index (χ2v) is 4.92. The molecule has 0 amide bonds. The quantitative estimate of drug-likeness (QED) is 0.714. The van der Waals surface area contributed by atoms with Gasteiger partial charge in [0, 0.05) is 0 Å². The first-order valence-corrected chi connectivity index (χ1v) is 7.01. The Balaban J connectivity index is 1.81. The highest BCUT2D eigenvalue weighted by molar-refractivity contribution is 6.32. The van der Waals surface area contributed by atoms with Crippen LogP contribution in [0.15, 0.2) is 54.6 Å². The lowest BCUT2D eigenvalue weighted by molar-refractivity contribution is 0.305. The van der Waals surface area contributed by atoms with Crippen LogP contribution in [0.3, 0.4) is 0 Å². The maximum absolute atomic E-state index is 9.23. The molecule has 3 heteroatoms. The molecule has 0 heterocycles. The van der Waals surface area contributed by atoms with Crippen LogP contribution < -0.4 is 4.74 Å².